The third-order valence-corrected chi connectivity index (χ3v) is 4.62. The molecular weight excluding hydrogens is 364 g/mol. The first-order chi connectivity index (χ1) is 12.7. The molecule has 0 aliphatic heterocycles. The zero-order valence-corrected chi connectivity index (χ0v) is 17.1. The Bertz CT molecular complexity index is 849. The number of nitrogens with one attached hydrogen (secondary N) is 1. The number of hydrogen-bond acceptors (Lipinski definition) is 3. The normalized spacial score (nSPS) is 11.0. The van der Waals surface area contributed by atoms with Crippen LogP contribution in [0.5, 0.6) is 5.75 Å². The van der Waals surface area contributed by atoms with Crippen LogP contribution in [0.1, 0.15) is 26.3 Å². The van der Waals surface area contributed by atoms with Crippen molar-refractivity contribution in [2.45, 2.75) is 27.7 Å². The SMILES string of the molecule is CCN(C(=O)C(C)(C)C(=O)Nc1cc(Cl)ccc1OC)c1cccc(C)c1. The van der Waals surface area contributed by atoms with Crippen molar-refractivity contribution in [3.63, 3.8) is 0 Å². The monoisotopic (exact) mass is 388 g/mol. The molecule has 2 aromatic carbocycles. The summed E-state index contributed by atoms with van der Waals surface area (Å²) in [5.41, 5.74) is 0.954. The minimum absolute atomic E-state index is 0.283. The molecule has 27 heavy (non-hydrogen) atoms. The van der Waals surface area contributed by atoms with Gasteiger partial charge in [0.1, 0.15) is 11.2 Å². The molecule has 0 fully saturated rings. The summed E-state index contributed by atoms with van der Waals surface area (Å²) in [4.78, 5) is 27.7. The summed E-state index contributed by atoms with van der Waals surface area (Å²) in [5.74, 6) is -0.240. The topological polar surface area (TPSA) is 58.6 Å². The Morgan fingerprint density at radius 1 is 1.19 bits per heavy atom. The van der Waals surface area contributed by atoms with Gasteiger partial charge < -0.3 is 15.0 Å². The number of nitrogens with zero attached hydrogens (tertiary/aromatic N) is 1. The molecule has 0 saturated carbocycles. The predicted molar refractivity (Wildman–Crippen MR) is 110 cm³/mol. The number of methoxy groups -OCH3 is 1. The quantitative estimate of drug-likeness (QED) is 0.731. The number of hydrogen-bond donors (Lipinski definition) is 1. The number of amides is 2. The standard InChI is InChI=1S/C21H25ClN2O3/c1-6-24(16-9-7-8-14(2)12-16)20(26)21(3,4)19(25)23-17-13-15(22)10-11-18(17)27-5/h7-13H,6H2,1-5H3,(H,23,25). The van der Waals surface area contributed by atoms with E-state index in [1.165, 1.54) is 7.11 Å². The average Bonchev–Trinajstić information content (AvgIpc) is 2.62. The summed E-state index contributed by atoms with van der Waals surface area (Å²) in [7, 11) is 1.51. The van der Waals surface area contributed by atoms with Crippen LogP contribution in [0.3, 0.4) is 0 Å². The van der Waals surface area contributed by atoms with Crippen LogP contribution in [-0.4, -0.2) is 25.5 Å². The minimum atomic E-state index is -1.28. The smallest absolute Gasteiger partial charge is 0.242 e. The van der Waals surface area contributed by atoms with Gasteiger partial charge in [0.05, 0.1) is 12.8 Å². The van der Waals surface area contributed by atoms with Crippen LogP contribution in [0.2, 0.25) is 5.02 Å². The predicted octanol–water partition coefficient (Wildman–Crippen LogP) is 4.67. The highest BCUT2D eigenvalue weighted by molar-refractivity contribution is 6.31. The van der Waals surface area contributed by atoms with Crippen LogP contribution in [-0.2, 0) is 9.59 Å². The molecule has 0 bridgehead atoms. The zero-order valence-electron chi connectivity index (χ0n) is 16.3. The van der Waals surface area contributed by atoms with Crippen LogP contribution < -0.4 is 15.0 Å². The summed E-state index contributed by atoms with van der Waals surface area (Å²) in [6.45, 7) is 7.53. The van der Waals surface area contributed by atoms with E-state index in [0.29, 0.717) is 23.0 Å². The van der Waals surface area contributed by atoms with Crippen molar-refractivity contribution in [3.05, 3.63) is 53.1 Å². The maximum absolute atomic E-state index is 13.2. The van der Waals surface area contributed by atoms with Gasteiger partial charge in [-0.15, -0.1) is 0 Å². The Labute approximate surface area is 165 Å². The van der Waals surface area contributed by atoms with E-state index in [1.54, 1.807) is 36.9 Å². The van der Waals surface area contributed by atoms with E-state index in [1.807, 2.05) is 38.1 Å². The molecule has 5 nitrogen and oxygen atoms in total. The lowest BCUT2D eigenvalue weighted by Crippen LogP contribution is -2.47. The molecule has 0 aliphatic rings. The van der Waals surface area contributed by atoms with Crippen molar-refractivity contribution in [2.75, 3.05) is 23.9 Å². The lowest BCUT2D eigenvalue weighted by molar-refractivity contribution is -0.136. The number of carbonyl (C=O) groups excluding carboxylic acids is 2. The van der Waals surface area contributed by atoms with Gasteiger partial charge in [-0.2, -0.15) is 0 Å². The first kappa shape index (κ1) is 20.8. The molecule has 0 unspecified atom stereocenters. The highest BCUT2D eigenvalue weighted by Crippen LogP contribution is 2.31. The van der Waals surface area contributed by atoms with E-state index in [9.17, 15) is 9.59 Å². The van der Waals surface area contributed by atoms with E-state index in [-0.39, 0.29) is 5.91 Å². The summed E-state index contributed by atoms with van der Waals surface area (Å²) in [6.07, 6.45) is 0. The molecule has 1 N–H and O–H groups in total. The number of aryl methyl sites for hydroxylation is 1. The summed E-state index contributed by atoms with van der Waals surface area (Å²) < 4.78 is 5.26. The maximum Gasteiger partial charge on any atom is 0.242 e. The highest BCUT2D eigenvalue weighted by Gasteiger charge is 2.39. The lowest BCUT2D eigenvalue weighted by atomic mass is 9.89. The van der Waals surface area contributed by atoms with Crippen LogP contribution in [0.4, 0.5) is 11.4 Å². The van der Waals surface area contributed by atoms with Crippen LogP contribution in [0, 0.1) is 12.3 Å². The first-order valence-electron chi connectivity index (χ1n) is 8.74. The van der Waals surface area contributed by atoms with E-state index >= 15 is 0 Å². The van der Waals surface area contributed by atoms with Crippen molar-refractivity contribution >= 4 is 34.8 Å². The van der Waals surface area contributed by atoms with Gasteiger partial charge in [-0.05, 0) is 63.6 Å². The van der Waals surface area contributed by atoms with Gasteiger partial charge >= 0.3 is 0 Å². The van der Waals surface area contributed by atoms with Crippen molar-refractivity contribution in [3.8, 4) is 5.75 Å². The zero-order chi connectivity index (χ0) is 20.2. The molecule has 2 aromatic rings. The second-order valence-electron chi connectivity index (χ2n) is 6.81. The molecule has 2 amide bonds. The minimum Gasteiger partial charge on any atom is -0.495 e. The van der Waals surface area contributed by atoms with E-state index in [4.69, 9.17) is 16.3 Å². The summed E-state index contributed by atoms with van der Waals surface area (Å²) in [5, 5.41) is 3.23. The van der Waals surface area contributed by atoms with Crippen molar-refractivity contribution < 1.29 is 14.3 Å². The van der Waals surface area contributed by atoms with Crippen molar-refractivity contribution in [1.29, 1.82) is 0 Å². The van der Waals surface area contributed by atoms with E-state index in [2.05, 4.69) is 5.32 Å². The number of carbonyl (C=O) groups is 2. The number of halogens is 1. The molecule has 0 aromatic heterocycles. The Hall–Kier alpha value is -2.53. The fourth-order valence-electron chi connectivity index (χ4n) is 2.73. The Morgan fingerprint density at radius 3 is 2.48 bits per heavy atom. The average molecular weight is 389 g/mol. The van der Waals surface area contributed by atoms with Gasteiger partial charge in [0.15, 0.2) is 0 Å². The Kier molecular flexibility index (Phi) is 6.50. The highest BCUT2D eigenvalue weighted by atomic mass is 35.5. The molecule has 144 valence electrons. The van der Waals surface area contributed by atoms with Gasteiger partial charge in [-0.3, -0.25) is 9.59 Å². The second-order valence-corrected chi connectivity index (χ2v) is 7.25. The summed E-state index contributed by atoms with van der Waals surface area (Å²) >= 11 is 6.02. The lowest BCUT2D eigenvalue weighted by Gasteiger charge is -2.30. The Morgan fingerprint density at radius 2 is 1.89 bits per heavy atom. The Balaban J connectivity index is 2.29. The van der Waals surface area contributed by atoms with Crippen LogP contribution in [0.25, 0.3) is 0 Å². The molecule has 0 radical (unpaired) electrons. The van der Waals surface area contributed by atoms with Crippen molar-refractivity contribution in [1.82, 2.24) is 0 Å². The van der Waals surface area contributed by atoms with Gasteiger partial charge in [-0.1, -0.05) is 23.7 Å². The second kappa shape index (κ2) is 8.44. The summed E-state index contributed by atoms with van der Waals surface area (Å²) in [6, 6.07) is 12.6. The van der Waals surface area contributed by atoms with Crippen LogP contribution in [0.15, 0.2) is 42.5 Å². The molecule has 2 rings (SSSR count). The molecule has 0 aliphatic carbocycles. The van der Waals surface area contributed by atoms with Crippen molar-refractivity contribution in [2.24, 2.45) is 5.41 Å². The fraction of sp³-hybridized carbons (Fsp3) is 0.333. The third kappa shape index (κ3) is 4.61. The third-order valence-electron chi connectivity index (χ3n) is 4.39. The number of ether oxygens (including phenoxy) is 1. The first-order valence-corrected chi connectivity index (χ1v) is 9.12. The van der Waals surface area contributed by atoms with E-state index in [0.717, 1.165) is 11.3 Å². The largest absolute Gasteiger partial charge is 0.495 e. The molecular formula is C21H25ClN2O3. The van der Waals surface area contributed by atoms with Gasteiger partial charge in [-0.25, -0.2) is 0 Å². The number of anilines is 2. The molecule has 0 saturated heterocycles. The molecule has 0 atom stereocenters. The van der Waals surface area contributed by atoms with E-state index < -0.39 is 11.3 Å². The number of benzene rings is 2. The molecule has 0 spiro atoms. The maximum atomic E-state index is 13.2. The van der Waals surface area contributed by atoms with Gasteiger partial charge in [0.25, 0.3) is 0 Å². The molecule has 0 heterocycles. The number of rotatable bonds is 6. The van der Waals surface area contributed by atoms with Gasteiger partial charge in [0, 0.05) is 17.3 Å². The van der Waals surface area contributed by atoms with Gasteiger partial charge in [0.2, 0.25) is 11.8 Å². The molecule has 6 heteroatoms. The van der Waals surface area contributed by atoms with Crippen LogP contribution >= 0.6 is 11.6 Å². The fourth-order valence-corrected chi connectivity index (χ4v) is 2.90.